The lowest BCUT2D eigenvalue weighted by atomic mass is 9.92. The van der Waals surface area contributed by atoms with E-state index in [0.29, 0.717) is 17.7 Å². The molecule has 1 amide bonds. The van der Waals surface area contributed by atoms with E-state index in [1.807, 2.05) is 60.7 Å². The Morgan fingerprint density at radius 2 is 1.59 bits per heavy atom. The maximum Gasteiger partial charge on any atom is 0.336 e. The van der Waals surface area contributed by atoms with E-state index in [-0.39, 0.29) is 5.91 Å². The fraction of sp³-hybridized carbons (Fsp3) is 0.200. The summed E-state index contributed by atoms with van der Waals surface area (Å²) in [4.78, 5) is 24.6. The first-order valence-corrected chi connectivity index (χ1v) is 14.6. The maximum atomic E-state index is 13.0. The molecule has 0 saturated heterocycles. The topological polar surface area (TPSA) is 75.6 Å². The number of carbonyl (C=O) groups excluding carboxylic acids is 1. The Balaban J connectivity index is 1.43. The first-order valence-electron chi connectivity index (χ1n) is 13.5. The van der Waals surface area contributed by atoms with E-state index in [4.69, 9.17) is 4.74 Å². The van der Waals surface area contributed by atoms with Crippen molar-refractivity contribution in [3.63, 3.8) is 0 Å². The standard InChI is InChI=1S/C35H34INO4/c1-22(9-11-25-12-16-27(17-13-25)29-7-5-6-8-30(29)35(39)40)24(3)31-20-28(15-10-23(31)2)34(38)37-21-26-14-18-33(41-4)32(36)19-26/h5-8,10,12-20H,9,11,21H2,1-4H3,(H,37,38)(H,39,40)/b24-22-. The van der Waals surface area contributed by atoms with Gasteiger partial charge < -0.3 is 15.2 Å². The van der Waals surface area contributed by atoms with Gasteiger partial charge in [0.05, 0.1) is 16.2 Å². The van der Waals surface area contributed by atoms with E-state index < -0.39 is 5.97 Å². The normalized spacial score (nSPS) is 11.5. The number of halogens is 1. The van der Waals surface area contributed by atoms with Crippen LogP contribution in [0, 0.1) is 10.5 Å². The number of hydrogen-bond acceptors (Lipinski definition) is 3. The van der Waals surface area contributed by atoms with Gasteiger partial charge in [-0.2, -0.15) is 0 Å². The van der Waals surface area contributed by atoms with Crippen LogP contribution in [0.25, 0.3) is 16.7 Å². The van der Waals surface area contributed by atoms with Crippen LogP contribution in [0.5, 0.6) is 5.75 Å². The zero-order chi connectivity index (χ0) is 29.5. The van der Waals surface area contributed by atoms with Crippen LogP contribution in [0.1, 0.15) is 63.2 Å². The number of carboxylic acids is 1. The van der Waals surface area contributed by atoms with E-state index in [9.17, 15) is 14.7 Å². The second kappa shape index (κ2) is 13.6. The van der Waals surface area contributed by atoms with Gasteiger partial charge in [-0.3, -0.25) is 4.79 Å². The van der Waals surface area contributed by atoms with Gasteiger partial charge in [0.15, 0.2) is 0 Å². The van der Waals surface area contributed by atoms with E-state index in [0.717, 1.165) is 50.0 Å². The summed E-state index contributed by atoms with van der Waals surface area (Å²) >= 11 is 2.23. The Labute approximate surface area is 255 Å². The van der Waals surface area contributed by atoms with Crippen molar-refractivity contribution < 1.29 is 19.4 Å². The Morgan fingerprint density at radius 3 is 2.27 bits per heavy atom. The van der Waals surface area contributed by atoms with Crippen molar-refractivity contribution in [3.05, 3.63) is 127 Å². The molecule has 0 saturated carbocycles. The van der Waals surface area contributed by atoms with Crippen molar-refractivity contribution in [3.8, 4) is 16.9 Å². The lowest BCUT2D eigenvalue weighted by molar-refractivity contribution is 0.0697. The van der Waals surface area contributed by atoms with Crippen LogP contribution < -0.4 is 10.1 Å². The van der Waals surface area contributed by atoms with Crippen molar-refractivity contribution >= 4 is 40.0 Å². The molecule has 0 atom stereocenters. The lowest BCUT2D eigenvalue weighted by Gasteiger charge is -2.14. The molecule has 0 aliphatic carbocycles. The summed E-state index contributed by atoms with van der Waals surface area (Å²) in [5, 5.41) is 12.5. The number of ether oxygens (including phenoxy) is 1. The van der Waals surface area contributed by atoms with Gasteiger partial charge in [-0.1, -0.05) is 60.2 Å². The molecule has 4 aromatic carbocycles. The molecule has 5 nitrogen and oxygen atoms in total. The largest absolute Gasteiger partial charge is 0.496 e. The highest BCUT2D eigenvalue weighted by atomic mass is 127. The number of rotatable bonds is 10. The fourth-order valence-electron chi connectivity index (χ4n) is 4.79. The Morgan fingerprint density at radius 1 is 0.878 bits per heavy atom. The van der Waals surface area contributed by atoms with Crippen LogP contribution in [-0.4, -0.2) is 24.1 Å². The summed E-state index contributed by atoms with van der Waals surface area (Å²) in [6.07, 6.45) is 1.74. The molecule has 0 unspecified atom stereocenters. The zero-order valence-electron chi connectivity index (χ0n) is 23.8. The number of methoxy groups -OCH3 is 1. The Bertz CT molecular complexity index is 1610. The van der Waals surface area contributed by atoms with Crippen LogP contribution in [0.3, 0.4) is 0 Å². The summed E-state index contributed by atoms with van der Waals surface area (Å²) in [6, 6.07) is 26.9. The minimum Gasteiger partial charge on any atom is -0.496 e. The van der Waals surface area contributed by atoms with Crippen molar-refractivity contribution in [1.82, 2.24) is 5.32 Å². The van der Waals surface area contributed by atoms with Gasteiger partial charge in [-0.05, 0) is 125 Å². The number of amides is 1. The molecule has 210 valence electrons. The van der Waals surface area contributed by atoms with Crippen LogP contribution in [0.15, 0.2) is 90.5 Å². The highest BCUT2D eigenvalue weighted by Gasteiger charge is 2.13. The average molecular weight is 660 g/mol. The van der Waals surface area contributed by atoms with E-state index in [1.54, 1.807) is 19.2 Å². The number of aromatic carboxylic acids is 1. The molecule has 4 aromatic rings. The lowest BCUT2D eigenvalue weighted by Crippen LogP contribution is -2.23. The maximum absolute atomic E-state index is 13.0. The molecular formula is C35H34INO4. The molecule has 2 N–H and O–H groups in total. The van der Waals surface area contributed by atoms with E-state index in [1.165, 1.54) is 16.7 Å². The third-order valence-corrected chi connectivity index (χ3v) is 8.27. The predicted molar refractivity (Wildman–Crippen MR) is 173 cm³/mol. The van der Waals surface area contributed by atoms with Crippen LogP contribution in [-0.2, 0) is 13.0 Å². The predicted octanol–water partition coefficient (Wildman–Crippen LogP) is 8.33. The second-order valence-electron chi connectivity index (χ2n) is 10.1. The van der Waals surface area contributed by atoms with Crippen molar-refractivity contribution in [2.45, 2.75) is 40.2 Å². The molecule has 0 aromatic heterocycles. The van der Waals surface area contributed by atoms with Crippen LogP contribution in [0.4, 0.5) is 0 Å². The first kappa shape index (κ1) is 30.1. The molecule has 6 heteroatoms. The smallest absolute Gasteiger partial charge is 0.336 e. The summed E-state index contributed by atoms with van der Waals surface area (Å²) in [7, 11) is 1.65. The number of allylic oxidation sites excluding steroid dienone is 2. The number of nitrogens with one attached hydrogen (secondary N) is 1. The summed E-state index contributed by atoms with van der Waals surface area (Å²) in [5.74, 6) is -0.211. The zero-order valence-corrected chi connectivity index (χ0v) is 25.9. The van der Waals surface area contributed by atoms with Gasteiger partial charge in [0.25, 0.3) is 5.91 Å². The average Bonchev–Trinajstić information content (AvgIpc) is 2.98. The highest BCUT2D eigenvalue weighted by molar-refractivity contribution is 14.1. The third kappa shape index (κ3) is 7.44. The molecule has 4 rings (SSSR count). The summed E-state index contributed by atoms with van der Waals surface area (Å²) in [5.41, 5.74) is 9.40. The van der Waals surface area contributed by atoms with Gasteiger partial charge in [-0.25, -0.2) is 4.79 Å². The van der Waals surface area contributed by atoms with E-state index >= 15 is 0 Å². The van der Waals surface area contributed by atoms with E-state index in [2.05, 4.69) is 60.8 Å². The number of benzene rings is 4. The number of aryl methyl sites for hydroxylation is 2. The molecule has 0 aliphatic heterocycles. The Hall–Kier alpha value is -3.91. The van der Waals surface area contributed by atoms with Gasteiger partial charge in [0, 0.05) is 12.1 Å². The number of hydrogen-bond donors (Lipinski definition) is 2. The van der Waals surface area contributed by atoms with Crippen molar-refractivity contribution in [2.75, 3.05) is 7.11 Å². The minimum absolute atomic E-state index is 0.105. The molecule has 0 radical (unpaired) electrons. The van der Waals surface area contributed by atoms with Gasteiger partial charge in [0.2, 0.25) is 0 Å². The molecule has 41 heavy (non-hydrogen) atoms. The molecular weight excluding hydrogens is 625 g/mol. The molecule has 0 fully saturated rings. The molecule has 0 aliphatic rings. The van der Waals surface area contributed by atoms with Crippen LogP contribution >= 0.6 is 22.6 Å². The third-order valence-electron chi connectivity index (χ3n) is 7.42. The summed E-state index contributed by atoms with van der Waals surface area (Å²) < 4.78 is 6.32. The monoisotopic (exact) mass is 659 g/mol. The fourth-order valence-corrected chi connectivity index (χ4v) is 5.59. The molecule has 0 heterocycles. The minimum atomic E-state index is -0.926. The van der Waals surface area contributed by atoms with Gasteiger partial charge >= 0.3 is 5.97 Å². The highest BCUT2D eigenvalue weighted by Crippen LogP contribution is 2.28. The quantitative estimate of drug-likeness (QED) is 0.168. The van der Waals surface area contributed by atoms with Gasteiger partial charge in [0.1, 0.15) is 5.75 Å². The summed E-state index contributed by atoms with van der Waals surface area (Å²) in [6.45, 7) is 6.77. The van der Waals surface area contributed by atoms with Crippen molar-refractivity contribution in [2.24, 2.45) is 0 Å². The first-order chi connectivity index (χ1) is 19.7. The number of carboxylic acid groups (broad SMARTS) is 1. The molecule has 0 spiro atoms. The van der Waals surface area contributed by atoms with Crippen molar-refractivity contribution in [1.29, 1.82) is 0 Å². The Kier molecular flexibility index (Phi) is 10.00. The van der Waals surface area contributed by atoms with Crippen LogP contribution in [0.2, 0.25) is 0 Å². The SMILES string of the molecule is COc1ccc(CNC(=O)c2ccc(C)c(/C(C)=C(/C)CCc3ccc(-c4ccccc4C(=O)O)cc3)c2)cc1I. The number of carbonyl (C=O) groups is 2. The molecule has 0 bridgehead atoms. The second-order valence-corrected chi connectivity index (χ2v) is 11.3. The van der Waals surface area contributed by atoms with Gasteiger partial charge in [-0.15, -0.1) is 0 Å².